The van der Waals surface area contributed by atoms with E-state index in [-0.39, 0.29) is 24.3 Å². The van der Waals surface area contributed by atoms with E-state index >= 15 is 0 Å². The van der Waals surface area contributed by atoms with Gasteiger partial charge in [0.05, 0.1) is 24.8 Å². The molecule has 4 rings (SSSR count). The number of nitrogens with zero attached hydrogens (tertiary/aromatic N) is 1. The van der Waals surface area contributed by atoms with Crippen molar-refractivity contribution in [2.45, 2.75) is 32.7 Å². The summed E-state index contributed by atoms with van der Waals surface area (Å²) in [6.07, 6.45) is 0.973. The maximum atomic E-state index is 13.1. The number of carbonyl (C=O) groups is 2. The third-order valence-electron chi connectivity index (χ3n) is 5.72. The summed E-state index contributed by atoms with van der Waals surface area (Å²) < 4.78 is 11.5. The topological polar surface area (TPSA) is 67.9 Å². The molecule has 0 saturated heterocycles. The van der Waals surface area contributed by atoms with Crippen molar-refractivity contribution >= 4 is 17.5 Å². The van der Waals surface area contributed by atoms with Crippen LogP contribution in [-0.4, -0.2) is 29.9 Å². The number of hydrogen-bond donors (Lipinski definition) is 1. The highest BCUT2D eigenvalue weighted by atomic mass is 16.5. The molecule has 0 saturated carbocycles. The van der Waals surface area contributed by atoms with Crippen LogP contribution in [-0.2, 0) is 16.0 Å². The molecule has 0 fully saturated rings. The van der Waals surface area contributed by atoms with E-state index in [1.807, 2.05) is 67.6 Å². The first-order valence-electron chi connectivity index (χ1n) is 11.2. The van der Waals surface area contributed by atoms with Crippen molar-refractivity contribution in [3.8, 4) is 17.2 Å². The predicted octanol–water partition coefficient (Wildman–Crippen LogP) is 5.35. The van der Waals surface area contributed by atoms with Crippen LogP contribution in [0.5, 0.6) is 17.2 Å². The van der Waals surface area contributed by atoms with Crippen LogP contribution >= 0.6 is 0 Å². The van der Waals surface area contributed by atoms with Gasteiger partial charge in [-0.2, -0.15) is 0 Å². The van der Waals surface area contributed by atoms with Crippen LogP contribution in [0.2, 0.25) is 0 Å². The zero-order valence-corrected chi connectivity index (χ0v) is 18.9. The van der Waals surface area contributed by atoms with Gasteiger partial charge in [-0.05, 0) is 60.9 Å². The van der Waals surface area contributed by atoms with Crippen molar-refractivity contribution in [1.82, 2.24) is 4.90 Å². The second-order valence-electron chi connectivity index (χ2n) is 7.93. The number of carbonyl (C=O) groups excluding carboxylic acids is 2. The third-order valence-corrected chi connectivity index (χ3v) is 5.72. The molecule has 2 amide bonds. The molecule has 1 unspecified atom stereocenters. The molecule has 1 atom stereocenters. The Morgan fingerprint density at radius 2 is 1.67 bits per heavy atom. The van der Waals surface area contributed by atoms with E-state index in [1.165, 1.54) is 5.56 Å². The second-order valence-corrected chi connectivity index (χ2v) is 7.93. The van der Waals surface area contributed by atoms with Gasteiger partial charge in [0.1, 0.15) is 11.5 Å². The smallest absolute Gasteiger partial charge is 0.226 e. The Bertz CT molecular complexity index is 1130. The molecule has 0 radical (unpaired) electrons. The Hall–Kier alpha value is -3.80. The van der Waals surface area contributed by atoms with Crippen molar-refractivity contribution in [1.29, 1.82) is 0 Å². The number of anilines is 1. The molecule has 6 nitrogen and oxygen atoms in total. The van der Waals surface area contributed by atoms with Gasteiger partial charge in [0, 0.05) is 13.5 Å². The number of para-hydroxylation sites is 2. The molecule has 6 heteroatoms. The van der Waals surface area contributed by atoms with Crippen LogP contribution in [0.3, 0.4) is 0 Å². The minimum Gasteiger partial charge on any atom is -0.494 e. The van der Waals surface area contributed by atoms with E-state index in [0.29, 0.717) is 30.3 Å². The Labute approximate surface area is 194 Å². The van der Waals surface area contributed by atoms with E-state index in [2.05, 4.69) is 11.4 Å². The monoisotopic (exact) mass is 444 g/mol. The van der Waals surface area contributed by atoms with Crippen LogP contribution in [0.1, 0.15) is 37.4 Å². The lowest BCUT2D eigenvalue weighted by atomic mass is 9.90. The van der Waals surface area contributed by atoms with Gasteiger partial charge in [0.2, 0.25) is 11.8 Å². The summed E-state index contributed by atoms with van der Waals surface area (Å²) in [5, 5.41) is 2.97. The van der Waals surface area contributed by atoms with Gasteiger partial charge in [0.15, 0.2) is 5.75 Å². The van der Waals surface area contributed by atoms with Gasteiger partial charge in [0.25, 0.3) is 0 Å². The Kier molecular flexibility index (Phi) is 6.93. The molecule has 33 heavy (non-hydrogen) atoms. The standard InChI is InChI=1S/C27H28N2O4/c1-3-32-21-12-14-22(15-13-21)33-26-11-7-6-10-24(26)28-27(31)18-25-23-9-5-4-8-20(23)16-17-29(25)19(2)30/h4-15,25H,3,16-18H2,1-2H3,(H,28,31). The lowest BCUT2D eigenvalue weighted by Crippen LogP contribution is -2.40. The second kappa shape index (κ2) is 10.2. The van der Waals surface area contributed by atoms with Crippen molar-refractivity contribution in [3.05, 3.63) is 83.9 Å². The van der Waals surface area contributed by atoms with Crippen LogP contribution in [0.15, 0.2) is 72.8 Å². The highest BCUT2D eigenvalue weighted by molar-refractivity contribution is 5.93. The number of nitrogens with one attached hydrogen (secondary N) is 1. The Morgan fingerprint density at radius 3 is 2.42 bits per heavy atom. The average molecular weight is 445 g/mol. The molecule has 0 aliphatic carbocycles. The molecule has 3 aromatic rings. The summed E-state index contributed by atoms with van der Waals surface area (Å²) in [4.78, 5) is 27.1. The van der Waals surface area contributed by atoms with E-state index in [9.17, 15) is 9.59 Å². The van der Waals surface area contributed by atoms with E-state index in [0.717, 1.165) is 17.7 Å². The predicted molar refractivity (Wildman–Crippen MR) is 128 cm³/mol. The molecule has 1 aliphatic rings. The lowest BCUT2D eigenvalue weighted by molar-refractivity contribution is -0.132. The largest absolute Gasteiger partial charge is 0.494 e. The normalized spacial score (nSPS) is 14.8. The van der Waals surface area contributed by atoms with Crippen molar-refractivity contribution in [3.63, 3.8) is 0 Å². The number of amides is 2. The van der Waals surface area contributed by atoms with Crippen molar-refractivity contribution < 1.29 is 19.1 Å². The maximum Gasteiger partial charge on any atom is 0.226 e. The molecular weight excluding hydrogens is 416 g/mol. The molecule has 170 valence electrons. The average Bonchev–Trinajstić information content (AvgIpc) is 2.82. The summed E-state index contributed by atoms with van der Waals surface area (Å²) >= 11 is 0. The molecule has 1 heterocycles. The number of benzene rings is 3. The molecular formula is C27H28N2O4. The summed E-state index contributed by atoms with van der Waals surface area (Å²) in [7, 11) is 0. The number of fused-ring (bicyclic) bond motifs is 1. The summed E-state index contributed by atoms with van der Waals surface area (Å²) in [6, 6.07) is 22.4. The van der Waals surface area contributed by atoms with Crippen molar-refractivity contribution in [2.24, 2.45) is 0 Å². The maximum absolute atomic E-state index is 13.1. The minimum absolute atomic E-state index is 0.0264. The van der Waals surface area contributed by atoms with Gasteiger partial charge in [-0.3, -0.25) is 9.59 Å². The van der Waals surface area contributed by atoms with Gasteiger partial charge in [-0.25, -0.2) is 0 Å². The van der Waals surface area contributed by atoms with E-state index in [1.54, 1.807) is 17.9 Å². The van der Waals surface area contributed by atoms with Crippen LogP contribution in [0.4, 0.5) is 5.69 Å². The summed E-state index contributed by atoms with van der Waals surface area (Å²) in [6.45, 7) is 4.70. The fourth-order valence-electron chi connectivity index (χ4n) is 4.18. The van der Waals surface area contributed by atoms with Gasteiger partial charge in [-0.1, -0.05) is 36.4 Å². The highest BCUT2D eigenvalue weighted by Crippen LogP contribution is 2.34. The lowest BCUT2D eigenvalue weighted by Gasteiger charge is -2.36. The molecule has 1 aliphatic heterocycles. The Balaban J connectivity index is 1.49. The first-order valence-corrected chi connectivity index (χ1v) is 11.2. The first kappa shape index (κ1) is 22.4. The first-order chi connectivity index (χ1) is 16.0. The molecule has 1 N–H and O–H groups in total. The SMILES string of the molecule is CCOc1ccc(Oc2ccccc2NC(=O)CC2c3ccccc3CCN2C(C)=O)cc1. The molecule has 0 spiro atoms. The zero-order chi connectivity index (χ0) is 23.2. The number of ether oxygens (including phenoxy) is 2. The van der Waals surface area contributed by atoms with Crippen LogP contribution < -0.4 is 14.8 Å². The number of hydrogen-bond acceptors (Lipinski definition) is 4. The third kappa shape index (κ3) is 5.34. The summed E-state index contributed by atoms with van der Waals surface area (Å²) in [5.41, 5.74) is 2.80. The van der Waals surface area contributed by atoms with Crippen LogP contribution in [0.25, 0.3) is 0 Å². The zero-order valence-electron chi connectivity index (χ0n) is 18.9. The fourth-order valence-corrected chi connectivity index (χ4v) is 4.18. The van der Waals surface area contributed by atoms with E-state index < -0.39 is 0 Å². The van der Waals surface area contributed by atoms with Gasteiger partial charge < -0.3 is 19.7 Å². The molecule has 3 aromatic carbocycles. The Morgan fingerprint density at radius 1 is 0.970 bits per heavy atom. The van der Waals surface area contributed by atoms with Crippen LogP contribution in [0, 0.1) is 0 Å². The summed E-state index contributed by atoms with van der Waals surface area (Å²) in [5.74, 6) is 1.76. The van der Waals surface area contributed by atoms with Gasteiger partial charge >= 0.3 is 0 Å². The number of rotatable bonds is 7. The van der Waals surface area contributed by atoms with Gasteiger partial charge in [-0.15, -0.1) is 0 Å². The highest BCUT2D eigenvalue weighted by Gasteiger charge is 2.30. The fraction of sp³-hybridized carbons (Fsp3) is 0.259. The molecule has 0 aromatic heterocycles. The quantitative estimate of drug-likeness (QED) is 0.533. The van der Waals surface area contributed by atoms with Crippen molar-refractivity contribution in [2.75, 3.05) is 18.5 Å². The van der Waals surface area contributed by atoms with E-state index in [4.69, 9.17) is 9.47 Å². The minimum atomic E-state index is -0.286. The molecule has 0 bridgehead atoms.